The second-order valence-corrected chi connectivity index (χ2v) is 8.53. The highest BCUT2D eigenvalue weighted by Crippen LogP contribution is 2.35. The Morgan fingerprint density at radius 3 is 2.37 bits per heavy atom. The molecule has 13 heteroatoms. The number of rotatable bonds is 7. The van der Waals surface area contributed by atoms with Crippen LogP contribution < -0.4 is 15.6 Å². The first kappa shape index (κ1) is 26.1. The van der Waals surface area contributed by atoms with Crippen molar-refractivity contribution in [1.29, 1.82) is 0 Å². The van der Waals surface area contributed by atoms with Crippen molar-refractivity contribution in [2.75, 3.05) is 11.9 Å². The van der Waals surface area contributed by atoms with Crippen LogP contribution in [0.5, 0.6) is 5.75 Å². The summed E-state index contributed by atoms with van der Waals surface area (Å²) in [5, 5.41) is 6.91. The number of ether oxygens (including phenoxy) is 1. The van der Waals surface area contributed by atoms with Gasteiger partial charge in [0.15, 0.2) is 12.4 Å². The molecule has 1 atom stereocenters. The normalized spacial score (nSPS) is 13.3. The number of nitrogens with one attached hydrogen (secondary N) is 1. The van der Waals surface area contributed by atoms with Gasteiger partial charge in [0.2, 0.25) is 5.91 Å². The summed E-state index contributed by atoms with van der Waals surface area (Å²) in [7, 11) is 0. The average Bonchev–Trinajstić information content (AvgIpc) is 3.10. The summed E-state index contributed by atoms with van der Waals surface area (Å²) in [6.45, 7) is 5.09. The van der Waals surface area contributed by atoms with Gasteiger partial charge < -0.3 is 14.6 Å². The topological polar surface area (TPSA) is 91.0 Å². The Balaban J connectivity index is 2.30. The highest BCUT2D eigenvalue weighted by atomic mass is 19.4. The second-order valence-electron chi connectivity index (χ2n) is 8.53. The minimum Gasteiger partial charge on any atom is -0.481 e. The Bertz CT molecular complexity index is 1310. The van der Waals surface area contributed by atoms with Crippen molar-refractivity contribution in [3.05, 3.63) is 34.9 Å². The number of halogens is 5. The monoisotopic (exact) mass is 501 g/mol. The molecule has 0 saturated heterocycles. The van der Waals surface area contributed by atoms with Crippen LogP contribution in [0.1, 0.15) is 46.7 Å². The molecule has 0 aromatic carbocycles. The SMILES string of the molecule is CC(=O)Nc1cc2c(-c3cc(OCC(C)(F)F)c(=O)n([C@@H](C)C(F)(F)F)n3)cn(C(C)C)c2cn1. The molecule has 190 valence electrons. The van der Waals surface area contributed by atoms with Crippen LogP contribution in [0, 0.1) is 0 Å². The molecule has 3 aromatic heterocycles. The highest BCUT2D eigenvalue weighted by Gasteiger charge is 2.39. The van der Waals surface area contributed by atoms with Crippen LogP contribution in [0.2, 0.25) is 0 Å². The number of pyridine rings is 1. The van der Waals surface area contributed by atoms with E-state index < -0.39 is 36.1 Å². The summed E-state index contributed by atoms with van der Waals surface area (Å²) in [5.41, 5.74) is -0.537. The summed E-state index contributed by atoms with van der Waals surface area (Å²) < 4.78 is 74.1. The van der Waals surface area contributed by atoms with Gasteiger partial charge in [-0.05, 0) is 26.8 Å². The lowest BCUT2D eigenvalue weighted by Gasteiger charge is -2.19. The Morgan fingerprint density at radius 2 is 1.83 bits per heavy atom. The number of nitrogens with zero attached hydrogens (tertiary/aromatic N) is 4. The molecule has 0 aliphatic carbocycles. The minimum absolute atomic E-state index is 0.103. The van der Waals surface area contributed by atoms with E-state index in [0.29, 0.717) is 23.4 Å². The van der Waals surface area contributed by atoms with E-state index in [1.165, 1.54) is 19.2 Å². The van der Waals surface area contributed by atoms with Crippen LogP contribution in [-0.2, 0) is 4.79 Å². The Labute approximate surface area is 196 Å². The molecule has 0 bridgehead atoms. The third kappa shape index (κ3) is 5.77. The van der Waals surface area contributed by atoms with Crippen LogP contribution in [0.15, 0.2) is 29.3 Å². The number of amides is 1. The third-order valence-corrected chi connectivity index (χ3v) is 5.08. The van der Waals surface area contributed by atoms with Gasteiger partial charge in [-0.3, -0.25) is 9.59 Å². The van der Waals surface area contributed by atoms with Crippen molar-refractivity contribution >= 4 is 22.6 Å². The maximum Gasteiger partial charge on any atom is 0.410 e. The van der Waals surface area contributed by atoms with Gasteiger partial charge in [0.25, 0.3) is 5.92 Å². The molecule has 0 fully saturated rings. The van der Waals surface area contributed by atoms with Gasteiger partial charge in [0, 0.05) is 43.1 Å². The lowest BCUT2D eigenvalue weighted by atomic mass is 10.1. The number of carbonyl (C=O) groups is 1. The summed E-state index contributed by atoms with van der Waals surface area (Å²) in [5.74, 6) is -4.23. The van der Waals surface area contributed by atoms with E-state index in [0.717, 1.165) is 13.0 Å². The van der Waals surface area contributed by atoms with Gasteiger partial charge >= 0.3 is 11.7 Å². The molecule has 1 amide bonds. The predicted molar refractivity (Wildman–Crippen MR) is 119 cm³/mol. The molecule has 35 heavy (non-hydrogen) atoms. The first-order valence-corrected chi connectivity index (χ1v) is 10.6. The quantitative estimate of drug-likeness (QED) is 0.463. The van der Waals surface area contributed by atoms with Crippen LogP contribution in [0.4, 0.5) is 27.8 Å². The fourth-order valence-electron chi connectivity index (χ4n) is 3.36. The molecule has 0 aliphatic heterocycles. The molecule has 1 N–H and O–H groups in total. The fraction of sp³-hybridized carbons (Fsp3) is 0.455. The Hall–Kier alpha value is -3.51. The predicted octanol–water partition coefficient (Wildman–Crippen LogP) is 4.96. The number of anilines is 1. The summed E-state index contributed by atoms with van der Waals surface area (Å²) in [4.78, 5) is 28.3. The average molecular weight is 501 g/mol. The smallest absolute Gasteiger partial charge is 0.410 e. The molecule has 0 saturated carbocycles. The summed E-state index contributed by atoms with van der Waals surface area (Å²) in [6.07, 6.45) is -1.76. The van der Waals surface area contributed by atoms with Gasteiger partial charge in [-0.1, -0.05) is 0 Å². The molecular formula is C22H24F5N5O3. The van der Waals surface area contributed by atoms with Crippen molar-refractivity contribution < 1.29 is 31.5 Å². The minimum atomic E-state index is -4.84. The molecule has 3 heterocycles. The number of alkyl halides is 5. The van der Waals surface area contributed by atoms with Gasteiger partial charge in [0.05, 0.1) is 17.4 Å². The van der Waals surface area contributed by atoms with E-state index >= 15 is 0 Å². The first-order chi connectivity index (χ1) is 16.1. The van der Waals surface area contributed by atoms with Crippen molar-refractivity contribution in [3.8, 4) is 17.0 Å². The Morgan fingerprint density at radius 1 is 1.17 bits per heavy atom. The van der Waals surface area contributed by atoms with Crippen molar-refractivity contribution in [2.24, 2.45) is 0 Å². The zero-order valence-electron chi connectivity index (χ0n) is 19.6. The maximum absolute atomic E-state index is 13.5. The van der Waals surface area contributed by atoms with Crippen LogP contribution in [0.25, 0.3) is 22.2 Å². The number of hydrogen-bond donors (Lipinski definition) is 1. The summed E-state index contributed by atoms with van der Waals surface area (Å²) in [6, 6.07) is 0.0883. The number of aromatic nitrogens is 4. The van der Waals surface area contributed by atoms with Crippen molar-refractivity contribution in [3.63, 3.8) is 0 Å². The second kappa shape index (κ2) is 9.27. The van der Waals surface area contributed by atoms with Gasteiger partial charge in [0.1, 0.15) is 11.9 Å². The third-order valence-electron chi connectivity index (χ3n) is 5.08. The maximum atomic E-state index is 13.5. The highest BCUT2D eigenvalue weighted by molar-refractivity contribution is 5.98. The van der Waals surface area contributed by atoms with E-state index in [4.69, 9.17) is 4.74 Å². The first-order valence-electron chi connectivity index (χ1n) is 10.6. The molecule has 8 nitrogen and oxygen atoms in total. The van der Waals surface area contributed by atoms with Crippen LogP contribution in [-0.4, -0.2) is 43.9 Å². The molecule has 0 aliphatic rings. The number of hydrogen-bond acceptors (Lipinski definition) is 5. The van der Waals surface area contributed by atoms with Crippen LogP contribution >= 0.6 is 0 Å². The van der Waals surface area contributed by atoms with Gasteiger partial charge in [-0.15, -0.1) is 0 Å². The number of fused-ring (bicyclic) bond motifs is 1. The van der Waals surface area contributed by atoms with E-state index in [9.17, 15) is 31.5 Å². The fourth-order valence-corrected chi connectivity index (χ4v) is 3.36. The van der Waals surface area contributed by atoms with E-state index in [-0.39, 0.29) is 28.1 Å². The Kier molecular flexibility index (Phi) is 6.91. The van der Waals surface area contributed by atoms with E-state index in [1.54, 1.807) is 10.8 Å². The molecular weight excluding hydrogens is 477 g/mol. The standard InChI is InChI=1S/C22H24F5N5O3/c1-11(2)31-9-15(14-6-19(29-13(4)33)28-8-17(14)31)16-7-18(35-10-21(5,23)24)20(34)32(30-16)12(3)22(25,26)27/h6-9,11-12H,10H2,1-5H3,(H,28,29,33)/t12-/m0/s1. The van der Waals surface area contributed by atoms with Crippen molar-refractivity contribution in [1.82, 2.24) is 19.3 Å². The lowest BCUT2D eigenvalue weighted by Crippen LogP contribution is -2.35. The van der Waals surface area contributed by atoms with Gasteiger partial charge in [-0.2, -0.15) is 18.3 Å². The largest absolute Gasteiger partial charge is 0.481 e. The lowest BCUT2D eigenvalue weighted by molar-refractivity contribution is -0.166. The molecule has 0 unspecified atom stereocenters. The number of carbonyl (C=O) groups excluding carboxylic acids is 1. The summed E-state index contributed by atoms with van der Waals surface area (Å²) >= 11 is 0. The van der Waals surface area contributed by atoms with E-state index in [1.807, 2.05) is 13.8 Å². The molecule has 3 rings (SSSR count). The molecule has 0 spiro atoms. The van der Waals surface area contributed by atoms with Crippen molar-refractivity contribution in [2.45, 2.75) is 58.8 Å². The van der Waals surface area contributed by atoms with Crippen LogP contribution in [0.3, 0.4) is 0 Å². The zero-order valence-corrected chi connectivity index (χ0v) is 19.6. The molecule has 0 radical (unpaired) electrons. The van der Waals surface area contributed by atoms with E-state index in [2.05, 4.69) is 15.4 Å². The molecule has 3 aromatic rings. The van der Waals surface area contributed by atoms with Gasteiger partial charge in [-0.25, -0.2) is 18.4 Å². The zero-order chi connectivity index (χ0) is 26.3.